The van der Waals surface area contributed by atoms with Gasteiger partial charge < -0.3 is 25.3 Å². The minimum absolute atomic E-state index is 0.168. The quantitative estimate of drug-likeness (QED) is 0.769. The van der Waals surface area contributed by atoms with Crippen LogP contribution in [-0.2, 0) is 14.3 Å². The Morgan fingerprint density at radius 3 is 2.57 bits per heavy atom. The second-order valence-electron chi connectivity index (χ2n) is 5.09. The Balaban J connectivity index is 1.89. The maximum Gasteiger partial charge on any atom is 0.244 e. The lowest BCUT2D eigenvalue weighted by molar-refractivity contribution is -0.124. The molecule has 1 fully saturated rings. The lowest BCUT2D eigenvalue weighted by atomic mass is 9.90. The number of ether oxygens (including phenoxy) is 3. The van der Waals surface area contributed by atoms with E-state index in [0.717, 1.165) is 5.75 Å². The number of hydrogen-bond acceptors (Lipinski definition) is 5. The van der Waals surface area contributed by atoms with E-state index in [0.29, 0.717) is 45.0 Å². The summed E-state index contributed by atoms with van der Waals surface area (Å²) in [6.07, 6.45) is 1.08. The normalized spacial score (nSPS) is 17.2. The van der Waals surface area contributed by atoms with Gasteiger partial charge >= 0.3 is 0 Å². The van der Waals surface area contributed by atoms with Crippen molar-refractivity contribution in [3.63, 3.8) is 0 Å². The van der Waals surface area contributed by atoms with Crippen LogP contribution in [0.1, 0.15) is 12.8 Å². The first-order chi connectivity index (χ1) is 10.1. The van der Waals surface area contributed by atoms with Crippen molar-refractivity contribution in [1.29, 1.82) is 0 Å². The van der Waals surface area contributed by atoms with E-state index < -0.39 is 5.54 Å². The van der Waals surface area contributed by atoms with Gasteiger partial charge in [-0.3, -0.25) is 4.79 Å². The zero-order valence-corrected chi connectivity index (χ0v) is 12.3. The molecule has 1 heterocycles. The second-order valence-corrected chi connectivity index (χ2v) is 5.09. The Morgan fingerprint density at radius 2 is 1.95 bits per heavy atom. The standard InChI is InChI=1S/C15H22N2O4/c1-19-10-11-21-13-4-2-12(3-5-13)17-14(18)15(16)6-8-20-9-7-15/h2-5H,6-11,16H2,1H3,(H,17,18). The van der Waals surface area contributed by atoms with E-state index in [4.69, 9.17) is 19.9 Å². The maximum absolute atomic E-state index is 12.2. The summed E-state index contributed by atoms with van der Waals surface area (Å²) in [5.41, 5.74) is 5.99. The van der Waals surface area contributed by atoms with Crippen LogP contribution in [0.4, 0.5) is 5.69 Å². The van der Waals surface area contributed by atoms with Crippen LogP contribution in [0.5, 0.6) is 5.75 Å². The van der Waals surface area contributed by atoms with Crippen LogP contribution >= 0.6 is 0 Å². The fourth-order valence-corrected chi connectivity index (χ4v) is 2.10. The fourth-order valence-electron chi connectivity index (χ4n) is 2.10. The molecule has 0 radical (unpaired) electrons. The summed E-state index contributed by atoms with van der Waals surface area (Å²) in [5.74, 6) is 0.567. The smallest absolute Gasteiger partial charge is 0.244 e. The van der Waals surface area contributed by atoms with Crippen molar-refractivity contribution in [2.24, 2.45) is 5.73 Å². The Hall–Kier alpha value is -1.63. The number of carbonyl (C=O) groups is 1. The van der Waals surface area contributed by atoms with E-state index >= 15 is 0 Å². The predicted octanol–water partition coefficient (Wildman–Crippen LogP) is 1.16. The third-order valence-corrected chi connectivity index (χ3v) is 3.51. The Morgan fingerprint density at radius 1 is 1.29 bits per heavy atom. The minimum Gasteiger partial charge on any atom is -0.491 e. The van der Waals surface area contributed by atoms with E-state index in [1.807, 2.05) is 0 Å². The molecular formula is C15H22N2O4. The predicted molar refractivity (Wildman–Crippen MR) is 79.4 cm³/mol. The van der Waals surface area contributed by atoms with Gasteiger partial charge in [-0.25, -0.2) is 0 Å². The van der Waals surface area contributed by atoms with Gasteiger partial charge in [-0.2, -0.15) is 0 Å². The van der Waals surface area contributed by atoms with Crippen molar-refractivity contribution < 1.29 is 19.0 Å². The van der Waals surface area contributed by atoms with Gasteiger partial charge in [0.15, 0.2) is 0 Å². The highest BCUT2D eigenvalue weighted by Crippen LogP contribution is 2.21. The highest BCUT2D eigenvalue weighted by atomic mass is 16.5. The van der Waals surface area contributed by atoms with E-state index in [1.54, 1.807) is 31.4 Å². The van der Waals surface area contributed by atoms with Gasteiger partial charge in [-0.05, 0) is 37.1 Å². The molecule has 3 N–H and O–H groups in total. The third-order valence-electron chi connectivity index (χ3n) is 3.51. The first-order valence-corrected chi connectivity index (χ1v) is 7.04. The van der Waals surface area contributed by atoms with Gasteiger partial charge in [0.2, 0.25) is 5.91 Å². The highest BCUT2D eigenvalue weighted by Gasteiger charge is 2.35. The van der Waals surface area contributed by atoms with Crippen molar-refractivity contribution >= 4 is 11.6 Å². The summed E-state index contributed by atoms with van der Waals surface area (Å²) in [6.45, 7) is 2.08. The van der Waals surface area contributed by atoms with Crippen LogP contribution in [0.2, 0.25) is 0 Å². The molecule has 21 heavy (non-hydrogen) atoms. The van der Waals surface area contributed by atoms with Crippen molar-refractivity contribution in [3.05, 3.63) is 24.3 Å². The first kappa shape index (κ1) is 15.8. The summed E-state index contributed by atoms with van der Waals surface area (Å²) in [6, 6.07) is 7.20. The average molecular weight is 294 g/mol. The molecule has 1 aliphatic rings. The van der Waals surface area contributed by atoms with Gasteiger partial charge in [0.05, 0.1) is 6.61 Å². The van der Waals surface area contributed by atoms with Crippen LogP contribution in [0.25, 0.3) is 0 Å². The van der Waals surface area contributed by atoms with Crippen molar-refractivity contribution in [1.82, 2.24) is 0 Å². The molecule has 0 bridgehead atoms. The summed E-state index contributed by atoms with van der Waals surface area (Å²) in [4.78, 5) is 12.2. The molecule has 0 aliphatic carbocycles. The van der Waals surface area contributed by atoms with Crippen LogP contribution < -0.4 is 15.8 Å². The molecule has 0 saturated carbocycles. The molecule has 1 saturated heterocycles. The molecule has 6 heteroatoms. The first-order valence-electron chi connectivity index (χ1n) is 7.04. The van der Waals surface area contributed by atoms with Crippen LogP contribution in [0.3, 0.4) is 0 Å². The van der Waals surface area contributed by atoms with Crippen molar-refractivity contribution in [2.45, 2.75) is 18.4 Å². The monoisotopic (exact) mass is 294 g/mol. The molecule has 1 aromatic carbocycles. The second kappa shape index (κ2) is 7.40. The highest BCUT2D eigenvalue weighted by molar-refractivity contribution is 5.98. The minimum atomic E-state index is -0.841. The van der Waals surface area contributed by atoms with Crippen molar-refractivity contribution in [3.8, 4) is 5.75 Å². The molecule has 6 nitrogen and oxygen atoms in total. The molecule has 1 aliphatic heterocycles. The Labute approximate surface area is 124 Å². The maximum atomic E-state index is 12.2. The number of hydrogen-bond donors (Lipinski definition) is 2. The molecule has 0 unspecified atom stereocenters. The zero-order chi connectivity index (χ0) is 15.1. The molecule has 0 aromatic heterocycles. The number of amides is 1. The molecule has 116 valence electrons. The van der Waals surface area contributed by atoms with Gasteiger partial charge in [0.1, 0.15) is 17.9 Å². The van der Waals surface area contributed by atoms with Crippen LogP contribution in [-0.4, -0.2) is 45.0 Å². The number of carbonyl (C=O) groups excluding carboxylic acids is 1. The summed E-state index contributed by atoms with van der Waals surface area (Å²) in [5, 5.41) is 2.85. The molecule has 1 amide bonds. The third kappa shape index (κ3) is 4.42. The Kier molecular flexibility index (Phi) is 5.55. The number of rotatable bonds is 6. The zero-order valence-electron chi connectivity index (χ0n) is 12.3. The van der Waals surface area contributed by atoms with E-state index in [-0.39, 0.29) is 5.91 Å². The summed E-state index contributed by atoms with van der Waals surface area (Å²) in [7, 11) is 1.63. The van der Waals surface area contributed by atoms with Crippen molar-refractivity contribution in [2.75, 3.05) is 38.9 Å². The summed E-state index contributed by atoms with van der Waals surface area (Å²) >= 11 is 0. The van der Waals surface area contributed by atoms with E-state index in [9.17, 15) is 4.79 Å². The summed E-state index contributed by atoms with van der Waals surface area (Å²) < 4.78 is 15.6. The van der Waals surface area contributed by atoms with Crippen LogP contribution in [0.15, 0.2) is 24.3 Å². The van der Waals surface area contributed by atoms with Gasteiger partial charge in [-0.1, -0.05) is 0 Å². The average Bonchev–Trinajstić information content (AvgIpc) is 2.50. The molecular weight excluding hydrogens is 272 g/mol. The molecule has 1 aromatic rings. The topological polar surface area (TPSA) is 82.8 Å². The van der Waals surface area contributed by atoms with Gasteiger partial charge in [0, 0.05) is 26.0 Å². The number of anilines is 1. The van der Waals surface area contributed by atoms with E-state index in [1.165, 1.54) is 0 Å². The fraction of sp³-hybridized carbons (Fsp3) is 0.533. The van der Waals surface area contributed by atoms with Gasteiger partial charge in [-0.15, -0.1) is 0 Å². The largest absolute Gasteiger partial charge is 0.491 e. The van der Waals surface area contributed by atoms with Crippen LogP contribution in [0, 0.1) is 0 Å². The SMILES string of the molecule is COCCOc1ccc(NC(=O)C2(N)CCOCC2)cc1. The Bertz CT molecular complexity index is 455. The van der Waals surface area contributed by atoms with Gasteiger partial charge in [0.25, 0.3) is 0 Å². The lowest BCUT2D eigenvalue weighted by Gasteiger charge is -2.31. The molecule has 0 atom stereocenters. The molecule has 2 rings (SSSR count). The van der Waals surface area contributed by atoms with E-state index in [2.05, 4.69) is 5.32 Å². The number of methoxy groups -OCH3 is 1. The number of nitrogens with one attached hydrogen (secondary N) is 1. The number of benzene rings is 1. The number of nitrogens with two attached hydrogens (primary N) is 1. The molecule has 0 spiro atoms. The lowest BCUT2D eigenvalue weighted by Crippen LogP contribution is -2.54.